The summed E-state index contributed by atoms with van der Waals surface area (Å²) < 4.78 is 5.15. The first-order chi connectivity index (χ1) is 10.2. The van der Waals surface area contributed by atoms with Crippen LogP contribution in [0.2, 0.25) is 0 Å². The van der Waals surface area contributed by atoms with E-state index in [4.69, 9.17) is 10.5 Å². The van der Waals surface area contributed by atoms with Crippen molar-refractivity contribution in [1.82, 2.24) is 5.32 Å². The summed E-state index contributed by atoms with van der Waals surface area (Å²) in [7, 11) is 1.67. The molecule has 0 saturated heterocycles. The highest BCUT2D eigenvalue weighted by atomic mass is 16.5. The molecule has 21 heavy (non-hydrogen) atoms. The highest BCUT2D eigenvalue weighted by molar-refractivity contribution is 5.29. The Balaban J connectivity index is 1.79. The Morgan fingerprint density at radius 1 is 0.952 bits per heavy atom. The molecule has 0 fully saturated rings. The van der Waals surface area contributed by atoms with Crippen LogP contribution in [-0.2, 0) is 0 Å². The van der Waals surface area contributed by atoms with Crippen LogP contribution in [0.3, 0.4) is 0 Å². The monoisotopic (exact) mass is 284 g/mol. The van der Waals surface area contributed by atoms with Crippen LogP contribution >= 0.6 is 0 Å². The topological polar surface area (TPSA) is 47.3 Å². The number of rotatable bonds is 7. The van der Waals surface area contributed by atoms with Crippen LogP contribution in [-0.4, -0.2) is 20.2 Å². The Kier molecular flexibility index (Phi) is 5.78. The summed E-state index contributed by atoms with van der Waals surface area (Å²) in [4.78, 5) is 0. The highest BCUT2D eigenvalue weighted by Gasteiger charge is 2.08. The molecule has 0 aliphatic carbocycles. The molecule has 3 N–H and O–H groups in total. The summed E-state index contributed by atoms with van der Waals surface area (Å²) in [6.07, 6.45) is 0. The standard InChI is InChI=1S/C18H24N2O/c1-14(15-6-4-3-5-7-15)12-20-13-18(19)16-8-10-17(21-2)11-9-16/h3-11,14,18,20H,12-13,19H2,1-2H3. The van der Waals surface area contributed by atoms with Crippen molar-refractivity contribution >= 4 is 0 Å². The number of hydrogen-bond acceptors (Lipinski definition) is 3. The number of nitrogens with one attached hydrogen (secondary N) is 1. The fraction of sp³-hybridized carbons (Fsp3) is 0.333. The number of methoxy groups -OCH3 is 1. The number of benzene rings is 2. The van der Waals surface area contributed by atoms with E-state index in [1.54, 1.807) is 7.11 Å². The van der Waals surface area contributed by atoms with Crippen LogP contribution < -0.4 is 15.8 Å². The Morgan fingerprint density at radius 3 is 2.24 bits per heavy atom. The third kappa shape index (κ3) is 4.59. The van der Waals surface area contributed by atoms with Gasteiger partial charge in [0.15, 0.2) is 0 Å². The molecule has 0 heterocycles. The zero-order valence-corrected chi connectivity index (χ0v) is 12.8. The fourth-order valence-electron chi connectivity index (χ4n) is 2.32. The average molecular weight is 284 g/mol. The van der Waals surface area contributed by atoms with Crippen LogP contribution in [0, 0.1) is 0 Å². The third-order valence-electron chi connectivity index (χ3n) is 3.73. The summed E-state index contributed by atoms with van der Waals surface area (Å²) in [6, 6.07) is 18.5. The van der Waals surface area contributed by atoms with Crippen LogP contribution in [0.25, 0.3) is 0 Å². The molecule has 112 valence electrons. The minimum Gasteiger partial charge on any atom is -0.497 e. The van der Waals surface area contributed by atoms with Crippen molar-refractivity contribution in [2.45, 2.75) is 18.9 Å². The Bertz CT molecular complexity index is 525. The molecule has 0 aliphatic rings. The Hall–Kier alpha value is -1.84. The first-order valence-electron chi connectivity index (χ1n) is 7.36. The van der Waals surface area contributed by atoms with E-state index in [2.05, 4.69) is 36.5 Å². The van der Waals surface area contributed by atoms with Gasteiger partial charge in [-0.25, -0.2) is 0 Å². The van der Waals surface area contributed by atoms with Gasteiger partial charge in [-0.1, -0.05) is 49.4 Å². The number of ether oxygens (including phenoxy) is 1. The quantitative estimate of drug-likeness (QED) is 0.821. The van der Waals surface area contributed by atoms with Crippen molar-refractivity contribution in [3.8, 4) is 5.75 Å². The molecule has 2 rings (SSSR count). The molecule has 0 aromatic heterocycles. The second-order valence-electron chi connectivity index (χ2n) is 5.35. The third-order valence-corrected chi connectivity index (χ3v) is 3.73. The predicted octanol–water partition coefficient (Wildman–Crippen LogP) is 3.09. The molecule has 2 aromatic carbocycles. The molecule has 0 bridgehead atoms. The fourth-order valence-corrected chi connectivity index (χ4v) is 2.32. The summed E-state index contributed by atoms with van der Waals surface area (Å²) in [5.41, 5.74) is 8.68. The summed E-state index contributed by atoms with van der Waals surface area (Å²) >= 11 is 0. The Morgan fingerprint density at radius 2 is 1.62 bits per heavy atom. The van der Waals surface area contributed by atoms with Gasteiger partial charge < -0.3 is 15.8 Å². The zero-order valence-electron chi connectivity index (χ0n) is 12.8. The first kappa shape index (κ1) is 15.5. The van der Waals surface area contributed by atoms with Crippen LogP contribution in [0.15, 0.2) is 54.6 Å². The van der Waals surface area contributed by atoms with E-state index in [1.165, 1.54) is 5.56 Å². The molecule has 3 nitrogen and oxygen atoms in total. The van der Waals surface area contributed by atoms with E-state index in [-0.39, 0.29) is 6.04 Å². The van der Waals surface area contributed by atoms with Gasteiger partial charge >= 0.3 is 0 Å². The van der Waals surface area contributed by atoms with E-state index >= 15 is 0 Å². The van der Waals surface area contributed by atoms with Gasteiger partial charge in [-0.3, -0.25) is 0 Å². The average Bonchev–Trinajstić information content (AvgIpc) is 2.55. The number of hydrogen-bond donors (Lipinski definition) is 2. The van der Waals surface area contributed by atoms with Gasteiger partial charge in [0.25, 0.3) is 0 Å². The molecule has 0 saturated carbocycles. The maximum Gasteiger partial charge on any atom is 0.118 e. The second kappa shape index (κ2) is 7.81. The van der Waals surface area contributed by atoms with E-state index in [0.717, 1.165) is 24.4 Å². The molecule has 2 aromatic rings. The maximum atomic E-state index is 6.21. The molecule has 3 heteroatoms. The van der Waals surface area contributed by atoms with Crippen molar-refractivity contribution < 1.29 is 4.74 Å². The lowest BCUT2D eigenvalue weighted by Gasteiger charge is -2.17. The molecular weight excluding hydrogens is 260 g/mol. The van der Waals surface area contributed by atoms with Crippen molar-refractivity contribution in [1.29, 1.82) is 0 Å². The van der Waals surface area contributed by atoms with E-state index in [1.807, 2.05) is 30.3 Å². The van der Waals surface area contributed by atoms with Crippen molar-refractivity contribution in [2.24, 2.45) is 5.73 Å². The minimum absolute atomic E-state index is 0.00104. The van der Waals surface area contributed by atoms with Gasteiger partial charge in [0.1, 0.15) is 5.75 Å². The zero-order chi connectivity index (χ0) is 15.1. The SMILES string of the molecule is COc1ccc(C(N)CNCC(C)c2ccccc2)cc1. The van der Waals surface area contributed by atoms with Crippen LogP contribution in [0.4, 0.5) is 0 Å². The van der Waals surface area contributed by atoms with E-state index < -0.39 is 0 Å². The van der Waals surface area contributed by atoms with Gasteiger partial charge in [-0.05, 0) is 29.2 Å². The van der Waals surface area contributed by atoms with Gasteiger partial charge in [0.05, 0.1) is 7.11 Å². The molecule has 0 amide bonds. The lowest BCUT2D eigenvalue weighted by Crippen LogP contribution is -2.29. The van der Waals surface area contributed by atoms with Gasteiger partial charge in [0.2, 0.25) is 0 Å². The summed E-state index contributed by atoms with van der Waals surface area (Å²) in [5, 5.41) is 3.45. The normalized spacial score (nSPS) is 13.7. The van der Waals surface area contributed by atoms with Gasteiger partial charge in [0, 0.05) is 19.1 Å². The number of nitrogens with two attached hydrogens (primary N) is 1. The minimum atomic E-state index is -0.00104. The molecule has 0 aliphatic heterocycles. The van der Waals surface area contributed by atoms with Crippen LogP contribution in [0.1, 0.15) is 30.0 Å². The van der Waals surface area contributed by atoms with Gasteiger partial charge in [-0.15, -0.1) is 0 Å². The summed E-state index contributed by atoms with van der Waals surface area (Å²) in [5.74, 6) is 1.34. The lowest BCUT2D eigenvalue weighted by molar-refractivity contribution is 0.414. The largest absolute Gasteiger partial charge is 0.497 e. The maximum absolute atomic E-state index is 6.21. The highest BCUT2D eigenvalue weighted by Crippen LogP contribution is 2.16. The van der Waals surface area contributed by atoms with E-state index in [9.17, 15) is 0 Å². The first-order valence-corrected chi connectivity index (χ1v) is 7.36. The molecular formula is C18H24N2O. The molecule has 0 radical (unpaired) electrons. The van der Waals surface area contributed by atoms with Gasteiger partial charge in [-0.2, -0.15) is 0 Å². The smallest absolute Gasteiger partial charge is 0.118 e. The Labute approximate surface area is 127 Å². The van der Waals surface area contributed by atoms with Crippen molar-refractivity contribution in [3.63, 3.8) is 0 Å². The lowest BCUT2D eigenvalue weighted by atomic mass is 10.0. The second-order valence-corrected chi connectivity index (χ2v) is 5.35. The summed E-state index contributed by atoms with van der Waals surface area (Å²) in [6.45, 7) is 3.92. The van der Waals surface area contributed by atoms with Crippen molar-refractivity contribution in [3.05, 3.63) is 65.7 Å². The molecule has 2 atom stereocenters. The predicted molar refractivity (Wildman–Crippen MR) is 87.6 cm³/mol. The molecule has 0 spiro atoms. The molecule has 2 unspecified atom stereocenters. The van der Waals surface area contributed by atoms with Crippen molar-refractivity contribution in [2.75, 3.05) is 20.2 Å². The van der Waals surface area contributed by atoms with Crippen LogP contribution in [0.5, 0.6) is 5.75 Å². The van der Waals surface area contributed by atoms with E-state index in [0.29, 0.717) is 5.92 Å².